The highest BCUT2D eigenvalue weighted by Gasteiger charge is 2.19. The highest BCUT2D eigenvalue weighted by Crippen LogP contribution is 2.05. The summed E-state index contributed by atoms with van der Waals surface area (Å²) in [5.41, 5.74) is 1.06. The van der Waals surface area contributed by atoms with Crippen molar-refractivity contribution in [3.05, 3.63) is 18.0 Å². The highest BCUT2D eigenvalue weighted by molar-refractivity contribution is 5.76. The van der Waals surface area contributed by atoms with Gasteiger partial charge in [0.25, 0.3) is 0 Å². The first-order chi connectivity index (χ1) is 10.9. The zero-order valence-corrected chi connectivity index (χ0v) is 14.5. The Balaban J connectivity index is 1.67. The average molecular weight is 323 g/mol. The fourth-order valence-electron chi connectivity index (χ4n) is 2.85. The van der Waals surface area contributed by atoms with E-state index in [0.29, 0.717) is 25.9 Å². The van der Waals surface area contributed by atoms with Crippen LogP contribution in [0.3, 0.4) is 0 Å². The molecule has 1 unspecified atom stereocenters. The lowest BCUT2D eigenvalue weighted by molar-refractivity contribution is -0.131. The number of hydrogen-bond donors (Lipinski definition) is 1. The molecule has 1 atom stereocenters. The molecule has 0 aromatic carbocycles. The van der Waals surface area contributed by atoms with Crippen LogP contribution in [-0.4, -0.2) is 95.0 Å². The predicted octanol–water partition coefficient (Wildman–Crippen LogP) is -0.581. The van der Waals surface area contributed by atoms with Crippen LogP contribution in [-0.2, 0) is 18.3 Å². The minimum Gasteiger partial charge on any atom is -0.390 e. The van der Waals surface area contributed by atoms with Crippen molar-refractivity contribution in [1.82, 2.24) is 24.5 Å². The monoisotopic (exact) mass is 323 g/mol. The molecule has 1 aliphatic heterocycles. The normalized spacial score (nSPS) is 18.1. The van der Waals surface area contributed by atoms with Crippen molar-refractivity contribution < 1.29 is 9.90 Å². The molecule has 0 spiro atoms. The van der Waals surface area contributed by atoms with Crippen molar-refractivity contribution in [2.75, 3.05) is 53.4 Å². The molecular formula is C16H29N5O2. The number of aryl methyl sites for hydroxylation is 2. The lowest BCUT2D eigenvalue weighted by atomic mass is 10.2. The SMILES string of the molecule is CN1CCN(CC(O)CN(C)C(=O)CCc2cnn(C)c2)CC1. The Morgan fingerprint density at radius 3 is 2.65 bits per heavy atom. The Kier molecular flexibility index (Phi) is 6.56. The molecule has 1 amide bonds. The Bertz CT molecular complexity index is 496. The van der Waals surface area contributed by atoms with Crippen LogP contribution in [0, 0.1) is 0 Å². The second kappa shape index (κ2) is 8.42. The summed E-state index contributed by atoms with van der Waals surface area (Å²) < 4.78 is 1.74. The zero-order chi connectivity index (χ0) is 16.8. The maximum atomic E-state index is 12.2. The number of likely N-dealkylation sites (N-methyl/N-ethyl adjacent to an activating group) is 2. The van der Waals surface area contributed by atoms with Crippen molar-refractivity contribution in [2.24, 2.45) is 7.05 Å². The Morgan fingerprint density at radius 2 is 2.04 bits per heavy atom. The lowest BCUT2D eigenvalue weighted by Gasteiger charge is -2.34. The third kappa shape index (κ3) is 5.93. The van der Waals surface area contributed by atoms with E-state index < -0.39 is 6.10 Å². The molecule has 1 N–H and O–H groups in total. The molecule has 7 nitrogen and oxygen atoms in total. The smallest absolute Gasteiger partial charge is 0.222 e. The maximum Gasteiger partial charge on any atom is 0.222 e. The number of hydrogen-bond acceptors (Lipinski definition) is 5. The van der Waals surface area contributed by atoms with E-state index in [4.69, 9.17) is 0 Å². The molecule has 2 rings (SSSR count). The Morgan fingerprint density at radius 1 is 1.35 bits per heavy atom. The number of β-amino-alcohol motifs (C(OH)–C–C–N with tert-alkyl or cyclic N) is 1. The van der Waals surface area contributed by atoms with Crippen LogP contribution >= 0.6 is 0 Å². The number of rotatable bonds is 7. The molecule has 0 radical (unpaired) electrons. The number of nitrogens with zero attached hydrogens (tertiary/aromatic N) is 5. The van der Waals surface area contributed by atoms with Gasteiger partial charge in [-0.25, -0.2) is 0 Å². The van der Waals surface area contributed by atoms with Gasteiger partial charge in [0.2, 0.25) is 5.91 Å². The predicted molar refractivity (Wildman–Crippen MR) is 89.1 cm³/mol. The standard InChI is InChI=1S/C16H29N5O2/c1-18-6-8-21(9-7-18)13-15(22)12-19(2)16(23)5-4-14-10-17-20(3)11-14/h10-11,15,22H,4-9,12-13H2,1-3H3. The molecule has 0 saturated carbocycles. The van der Waals surface area contributed by atoms with E-state index in [-0.39, 0.29) is 5.91 Å². The van der Waals surface area contributed by atoms with Gasteiger partial charge >= 0.3 is 0 Å². The molecule has 1 aromatic heterocycles. The van der Waals surface area contributed by atoms with Crippen LogP contribution in [0.4, 0.5) is 0 Å². The van der Waals surface area contributed by atoms with Crippen LogP contribution < -0.4 is 0 Å². The molecule has 1 aliphatic rings. The van der Waals surface area contributed by atoms with Crippen molar-refractivity contribution in [1.29, 1.82) is 0 Å². The molecule has 130 valence electrons. The second-order valence-electron chi connectivity index (χ2n) is 6.55. The topological polar surface area (TPSA) is 64.8 Å². The van der Waals surface area contributed by atoms with Gasteiger partial charge in [-0.2, -0.15) is 5.10 Å². The minimum atomic E-state index is -0.495. The van der Waals surface area contributed by atoms with E-state index in [2.05, 4.69) is 21.9 Å². The van der Waals surface area contributed by atoms with Crippen LogP contribution in [0.5, 0.6) is 0 Å². The largest absolute Gasteiger partial charge is 0.390 e. The van der Waals surface area contributed by atoms with Gasteiger partial charge in [0, 0.05) is 66.0 Å². The van der Waals surface area contributed by atoms with Crippen molar-refractivity contribution in [3.8, 4) is 0 Å². The van der Waals surface area contributed by atoms with Gasteiger partial charge in [0.05, 0.1) is 12.3 Å². The summed E-state index contributed by atoms with van der Waals surface area (Å²) in [5.74, 6) is 0.0614. The van der Waals surface area contributed by atoms with E-state index in [1.165, 1.54) is 0 Å². The van der Waals surface area contributed by atoms with Gasteiger partial charge in [-0.05, 0) is 19.0 Å². The van der Waals surface area contributed by atoms with E-state index in [9.17, 15) is 9.90 Å². The quantitative estimate of drug-likeness (QED) is 0.727. The molecule has 2 heterocycles. The Labute approximate surface area is 138 Å². The van der Waals surface area contributed by atoms with Crippen molar-refractivity contribution in [3.63, 3.8) is 0 Å². The number of piperazine rings is 1. The van der Waals surface area contributed by atoms with Crippen LogP contribution in [0.1, 0.15) is 12.0 Å². The van der Waals surface area contributed by atoms with Crippen LogP contribution in [0.15, 0.2) is 12.4 Å². The van der Waals surface area contributed by atoms with E-state index in [1.807, 2.05) is 13.2 Å². The summed E-state index contributed by atoms with van der Waals surface area (Å²) in [5, 5.41) is 14.3. The van der Waals surface area contributed by atoms with E-state index in [1.54, 1.807) is 22.8 Å². The highest BCUT2D eigenvalue weighted by atomic mass is 16.3. The number of aromatic nitrogens is 2. The molecule has 7 heteroatoms. The third-order valence-corrected chi connectivity index (χ3v) is 4.36. The summed E-state index contributed by atoms with van der Waals surface area (Å²) >= 11 is 0. The zero-order valence-electron chi connectivity index (χ0n) is 14.5. The Hall–Kier alpha value is -1.44. The summed E-state index contributed by atoms with van der Waals surface area (Å²) in [6.45, 7) is 5.05. The fourth-order valence-corrected chi connectivity index (χ4v) is 2.85. The van der Waals surface area contributed by atoms with Gasteiger partial charge in [-0.1, -0.05) is 0 Å². The molecule has 1 saturated heterocycles. The molecule has 0 bridgehead atoms. The average Bonchev–Trinajstić information content (AvgIpc) is 2.92. The van der Waals surface area contributed by atoms with Gasteiger partial charge in [0.15, 0.2) is 0 Å². The van der Waals surface area contributed by atoms with Crippen LogP contribution in [0.2, 0.25) is 0 Å². The van der Waals surface area contributed by atoms with Gasteiger partial charge in [0.1, 0.15) is 0 Å². The summed E-state index contributed by atoms with van der Waals surface area (Å²) in [4.78, 5) is 18.3. The summed E-state index contributed by atoms with van der Waals surface area (Å²) in [6, 6.07) is 0. The molecular weight excluding hydrogens is 294 g/mol. The first-order valence-electron chi connectivity index (χ1n) is 8.24. The summed E-state index contributed by atoms with van der Waals surface area (Å²) in [6.07, 6.45) is 4.35. The third-order valence-electron chi connectivity index (χ3n) is 4.36. The number of carbonyl (C=O) groups excluding carboxylic acids is 1. The van der Waals surface area contributed by atoms with Crippen molar-refractivity contribution >= 4 is 5.91 Å². The fraction of sp³-hybridized carbons (Fsp3) is 0.750. The van der Waals surface area contributed by atoms with E-state index in [0.717, 1.165) is 31.7 Å². The number of aliphatic hydroxyl groups is 1. The van der Waals surface area contributed by atoms with Gasteiger partial charge in [-0.15, -0.1) is 0 Å². The molecule has 1 aromatic rings. The number of amides is 1. The first kappa shape index (κ1) is 17.9. The maximum absolute atomic E-state index is 12.2. The lowest BCUT2D eigenvalue weighted by Crippen LogP contribution is -2.49. The molecule has 23 heavy (non-hydrogen) atoms. The second-order valence-corrected chi connectivity index (χ2v) is 6.55. The van der Waals surface area contributed by atoms with Crippen LogP contribution in [0.25, 0.3) is 0 Å². The van der Waals surface area contributed by atoms with E-state index >= 15 is 0 Å². The van der Waals surface area contributed by atoms with Crippen molar-refractivity contribution in [2.45, 2.75) is 18.9 Å². The summed E-state index contributed by atoms with van der Waals surface area (Å²) in [7, 11) is 5.74. The minimum absolute atomic E-state index is 0.0614. The van der Waals surface area contributed by atoms with Gasteiger partial charge in [-0.3, -0.25) is 14.4 Å². The molecule has 1 fully saturated rings. The van der Waals surface area contributed by atoms with Gasteiger partial charge < -0.3 is 14.9 Å². The molecule has 0 aliphatic carbocycles. The first-order valence-corrected chi connectivity index (χ1v) is 8.24. The number of carbonyl (C=O) groups is 1. The number of aliphatic hydroxyl groups excluding tert-OH is 1.